The van der Waals surface area contributed by atoms with Crippen LogP contribution in [-0.2, 0) is 6.54 Å². The van der Waals surface area contributed by atoms with E-state index >= 15 is 0 Å². The van der Waals surface area contributed by atoms with Crippen molar-refractivity contribution in [2.75, 3.05) is 0 Å². The maximum Gasteiger partial charge on any atom is 0.136 e. The van der Waals surface area contributed by atoms with Crippen molar-refractivity contribution in [1.29, 1.82) is 0 Å². The second-order valence-corrected chi connectivity index (χ2v) is 2.40. The van der Waals surface area contributed by atoms with E-state index in [0.717, 1.165) is 5.56 Å². The zero-order valence-electron chi connectivity index (χ0n) is 5.34. The van der Waals surface area contributed by atoms with E-state index in [1.807, 2.05) is 0 Å². The molecule has 10 heavy (non-hydrogen) atoms. The highest BCUT2D eigenvalue weighted by molar-refractivity contribution is 7.80. The Bertz CT molecular complexity index is 237. The first-order valence-electron chi connectivity index (χ1n) is 2.92. The molecule has 0 bridgehead atoms. The van der Waals surface area contributed by atoms with E-state index in [4.69, 9.17) is 5.73 Å². The average molecular weight is 157 g/mol. The van der Waals surface area contributed by atoms with Gasteiger partial charge in [0, 0.05) is 11.4 Å². The largest absolute Gasteiger partial charge is 0.326 e. The molecule has 54 valence electrons. The van der Waals surface area contributed by atoms with Crippen LogP contribution in [0.4, 0.5) is 4.39 Å². The maximum atomic E-state index is 12.6. The van der Waals surface area contributed by atoms with E-state index in [-0.39, 0.29) is 5.82 Å². The molecule has 0 heterocycles. The van der Waals surface area contributed by atoms with Crippen molar-refractivity contribution in [3.05, 3.63) is 29.6 Å². The van der Waals surface area contributed by atoms with Gasteiger partial charge in [-0.15, -0.1) is 12.6 Å². The summed E-state index contributed by atoms with van der Waals surface area (Å²) >= 11 is 3.94. The molecule has 0 spiro atoms. The van der Waals surface area contributed by atoms with Crippen LogP contribution in [0.3, 0.4) is 0 Å². The van der Waals surface area contributed by atoms with Crippen LogP contribution in [0.25, 0.3) is 0 Å². The maximum absolute atomic E-state index is 12.6. The summed E-state index contributed by atoms with van der Waals surface area (Å²) in [5.74, 6) is -0.314. The van der Waals surface area contributed by atoms with Gasteiger partial charge in [-0.25, -0.2) is 4.39 Å². The Morgan fingerprint density at radius 1 is 1.50 bits per heavy atom. The first kappa shape index (κ1) is 7.57. The van der Waals surface area contributed by atoms with E-state index in [1.165, 1.54) is 6.07 Å². The fourth-order valence-corrected chi connectivity index (χ4v) is 0.965. The summed E-state index contributed by atoms with van der Waals surface area (Å²) < 4.78 is 12.6. The van der Waals surface area contributed by atoms with Crippen LogP contribution < -0.4 is 5.73 Å². The molecule has 0 aliphatic carbocycles. The van der Waals surface area contributed by atoms with Gasteiger partial charge in [0.05, 0.1) is 0 Å². The standard InChI is InChI=1S/C7H8FNS/c8-6-3-1-2-5(4-9)7(6)10/h1-3,10H,4,9H2. The number of nitrogens with two attached hydrogens (primary N) is 1. The zero-order chi connectivity index (χ0) is 7.56. The van der Waals surface area contributed by atoms with Gasteiger partial charge < -0.3 is 5.73 Å². The normalized spacial score (nSPS) is 9.90. The lowest BCUT2D eigenvalue weighted by molar-refractivity contribution is 0.598. The summed E-state index contributed by atoms with van der Waals surface area (Å²) in [5.41, 5.74) is 6.04. The Hall–Kier alpha value is -0.540. The van der Waals surface area contributed by atoms with E-state index in [9.17, 15) is 4.39 Å². The second kappa shape index (κ2) is 3.03. The molecule has 1 nitrogen and oxygen atoms in total. The predicted molar refractivity (Wildman–Crippen MR) is 41.5 cm³/mol. The Kier molecular flexibility index (Phi) is 2.29. The smallest absolute Gasteiger partial charge is 0.136 e. The monoisotopic (exact) mass is 157 g/mol. The molecule has 0 saturated carbocycles. The zero-order valence-corrected chi connectivity index (χ0v) is 6.24. The molecule has 0 radical (unpaired) electrons. The summed E-state index contributed by atoms with van der Waals surface area (Å²) in [6.45, 7) is 0.330. The summed E-state index contributed by atoms with van der Waals surface area (Å²) in [4.78, 5) is 0.352. The lowest BCUT2D eigenvalue weighted by Crippen LogP contribution is -1.98. The molecular formula is C7H8FNS. The summed E-state index contributed by atoms with van der Waals surface area (Å²) in [5, 5.41) is 0. The third kappa shape index (κ3) is 1.30. The van der Waals surface area contributed by atoms with Crippen LogP contribution in [0.2, 0.25) is 0 Å². The van der Waals surface area contributed by atoms with Crippen LogP contribution in [0.5, 0.6) is 0 Å². The average Bonchev–Trinajstić information content (AvgIpc) is 1.95. The van der Waals surface area contributed by atoms with Gasteiger partial charge in [0.15, 0.2) is 0 Å². The molecule has 0 aliphatic rings. The number of hydrogen-bond acceptors (Lipinski definition) is 2. The molecule has 0 aliphatic heterocycles. The van der Waals surface area contributed by atoms with E-state index in [2.05, 4.69) is 12.6 Å². The second-order valence-electron chi connectivity index (χ2n) is 1.95. The molecule has 2 N–H and O–H groups in total. The Morgan fingerprint density at radius 2 is 2.20 bits per heavy atom. The van der Waals surface area contributed by atoms with Gasteiger partial charge in [-0.1, -0.05) is 12.1 Å². The molecule has 1 rings (SSSR count). The summed E-state index contributed by atoms with van der Waals surface area (Å²) in [6, 6.07) is 4.74. The van der Waals surface area contributed by atoms with Crippen molar-refractivity contribution >= 4 is 12.6 Å². The molecule has 0 unspecified atom stereocenters. The Labute approximate surface area is 64.5 Å². The minimum Gasteiger partial charge on any atom is -0.326 e. The fraction of sp³-hybridized carbons (Fsp3) is 0.143. The lowest BCUT2D eigenvalue weighted by atomic mass is 10.2. The van der Waals surface area contributed by atoms with Crippen molar-refractivity contribution in [3.63, 3.8) is 0 Å². The van der Waals surface area contributed by atoms with E-state index < -0.39 is 0 Å². The molecule has 0 saturated heterocycles. The highest BCUT2D eigenvalue weighted by Crippen LogP contribution is 2.16. The predicted octanol–water partition coefficient (Wildman–Crippen LogP) is 1.57. The van der Waals surface area contributed by atoms with Gasteiger partial charge in [0.1, 0.15) is 5.82 Å². The molecule has 0 atom stereocenters. The molecular weight excluding hydrogens is 149 g/mol. The van der Waals surface area contributed by atoms with Crippen molar-refractivity contribution < 1.29 is 4.39 Å². The van der Waals surface area contributed by atoms with Gasteiger partial charge in [-0.2, -0.15) is 0 Å². The van der Waals surface area contributed by atoms with Gasteiger partial charge in [0.2, 0.25) is 0 Å². The van der Waals surface area contributed by atoms with Crippen LogP contribution in [0, 0.1) is 5.82 Å². The van der Waals surface area contributed by atoms with Gasteiger partial charge in [0.25, 0.3) is 0 Å². The first-order valence-corrected chi connectivity index (χ1v) is 3.37. The molecule has 1 aromatic carbocycles. The van der Waals surface area contributed by atoms with Gasteiger partial charge >= 0.3 is 0 Å². The number of benzene rings is 1. The highest BCUT2D eigenvalue weighted by Gasteiger charge is 2.00. The molecule has 3 heteroatoms. The highest BCUT2D eigenvalue weighted by atomic mass is 32.1. The van der Waals surface area contributed by atoms with Crippen LogP contribution in [0.15, 0.2) is 23.1 Å². The fourth-order valence-electron chi connectivity index (χ4n) is 0.725. The van der Waals surface area contributed by atoms with Crippen molar-refractivity contribution in [3.8, 4) is 0 Å². The van der Waals surface area contributed by atoms with Crippen molar-refractivity contribution in [1.82, 2.24) is 0 Å². The van der Waals surface area contributed by atoms with Gasteiger partial charge in [-0.05, 0) is 11.6 Å². The molecule has 1 aromatic rings. The molecule has 0 aromatic heterocycles. The quantitative estimate of drug-likeness (QED) is 0.595. The Morgan fingerprint density at radius 3 is 2.70 bits per heavy atom. The molecule has 0 fully saturated rings. The van der Waals surface area contributed by atoms with E-state index in [0.29, 0.717) is 11.4 Å². The van der Waals surface area contributed by atoms with E-state index in [1.54, 1.807) is 12.1 Å². The van der Waals surface area contributed by atoms with Crippen LogP contribution in [0.1, 0.15) is 5.56 Å². The first-order chi connectivity index (χ1) is 4.75. The lowest BCUT2D eigenvalue weighted by Gasteiger charge is -2.00. The third-order valence-corrected chi connectivity index (χ3v) is 1.79. The number of hydrogen-bond donors (Lipinski definition) is 2. The minimum absolute atomic E-state index is 0.314. The van der Waals surface area contributed by atoms with Crippen molar-refractivity contribution in [2.45, 2.75) is 11.4 Å². The third-order valence-electron chi connectivity index (χ3n) is 1.29. The topological polar surface area (TPSA) is 26.0 Å². The number of rotatable bonds is 1. The number of halogens is 1. The minimum atomic E-state index is -0.314. The van der Waals surface area contributed by atoms with Gasteiger partial charge in [-0.3, -0.25) is 0 Å². The summed E-state index contributed by atoms with van der Waals surface area (Å²) in [7, 11) is 0. The Balaban J connectivity index is 3.14. The van der Waals surface area contributed by atoms with Crippen LogP contribution >= 0.6 is 12.6 Å². The SMILES string of the molecule is NCc1cccc(F)c1S. The number of thiol groups is 1. The van der Waals surface area contributed by atoms with Crippen LogP contribution in [-0.4, -0.2) is 0 Å². The summed E-state index contributed by atoms with van der Waals surface area (Å²) in [6.07, 6.45) is 0. The molecule has 0 amide bonds. The van der Waals surface area contributed by atoms with Crippen molar-refractivity contribution in [2.24, 2.45) is 5.73 Å².